The van der Waals surface area contributed by atoms with E-state index >= 15 is 0 Å². The monoisotopic (exact) mass is 374 g/mol. The van der Waals surface area contributed by atoms with E-state index in [1.165, 1.54) is 6.42 Å². The largest absolute Gasteiger partial charge is 0.354 e. The van der Waals surface area contributed by atoms with Crippen LogP contribution in [0.4, 0.5) is 10.6 Å². The predicted molar refractivity (Wildman–Crippen MR) is 104 cm³/mol. The van der Waals surface area contributed by atoms with Crippen molar-refractivity contribution in [2.45, 2.75) is 25.8 Å². The molecule has 0 unspecified atom stereocenters. The third-order valence-corrected chi connectivity index (χ3v) is 5.59. The average Bonchev–Trinajstić information content (AvgIpc) is 2.68. The fraction of sp³-hybridized carbons (Fsp3) is 0.632. The molecule has 2 saturated heterocycles. The molecule has 2 atom stereocenters. The minimum atomic E-state index is -0.786. The molecule has 0 radical (unpaired) electrons. The predicted octanol–water partition coefficient (Wildman–Crippen LogP) is 0.499. The molecule has 8 nitrogen and oxygen atoms in total. The third kappa shape index (κ3) is 5.40. The first-order valence-corrected chi connectivity index (χ1v) is 9.75. The Labute approximate surface area is 160 Å². The Bertz CT molecular complexity index is 632. The van der Waals surface area contributed by atoms with Crippen molar-refractivity contribution < 1.29 is 9.59 Å². The highest BCUT2D eigenvalue weighted by Crippen LogP contribution is 2.21. The number of nitrogens with two attached hydrogens (primary N) is 1. The van der Waals surface area contributed by atoms with Gasteiger partial charge in [0.25, 0.3) is 0 Å². The first kappa shape index (κ1) is 19.6. The van der Waals surface area contributed by atoms with Crippen LogP contribution in [0.5, 0.6) is 0 Å². The maximum absolute atomic E-state index is 12.0. The van der Waals surface area contributed by atoms with Gasteiger partial charge in [-0.1, -0.05) is 6.07 Å². The molecule has 1 aromatic heterocycles. The normalized spacial score (nSPS) is 23.0. The molecule has 0 aromatic carbocycles. The summed E-state index contributed by atoms with van der Waals surface area (Å²) in [6.45, 7) is 8.71. The van der Waals surface area contributed by atoms with Gasteiger partial charge in [-0.3, -0.25) is 19.9 Å². The average molecular weight is 374 g/mol. The molecule has 0 saturated carbocycles. The second-order valence-corrected chi connectivity index (χ2v) is 7.51. The summed E-state index contributed by atoms with van der Waals surface area (Å²) >= 11 is 0. The minimum absolute atomic E-state index is 0.313. The number of carbonyl (C=O) groups excluding carboxylic acids is 2. The molecule has 148 valence electrons. The molecule has 27 heavy (non-hydrogen) atoms. The summed E-state index contributed by atoms with van der Waals surface area (Å²) < 4.78 is 0. The lowest BCUT2D eigenvalue weighted by atomic mass is 9.96. The van der Waals surface area contributed by atoms with Gasteiger partial charge in [-0.15, -0.1) is 0 Å². The molecular formula is C19H30N6O2. The van der Waals surface area contributed by atoms with Crippen LogP contribution in [-0.4, -0.2) is 78.6 Å². The topological polar surface area (TPSA) is 94.8 Å². The Morgan fingerprint density at radius 3 is 2.70 bits per heavy atom. The van der Waals surface area contributed by atoms with Crippen LogP contribution >= 0.6 is 0 Å². The van der Waals surface area contributed by atoms with E-state index in [-0.39, 0.29) is 11.9 Å². The number of carbonyl (C=O) groups is 2. The van der Waals surface area contributed by atoms with E-state index in [4.69, 9.17) is 5.73 Å². The molecule has 3 rings (SSSR count). The number of piperazine rings is 1. The smallest absolute Gasteiger partial charge is 0.318 e. The maximum atomic E-state index is 12.0. The fourth-order valence-electron chi connectivity index (χ4n) is 4.06. The van der Waals surface area contributed by atoms with Crippen LogP contribution < -0.4 is 16.0 Å². The summed E-state index contributed by atoms with van der Waals surface area (Å²) in [5.41, 5.74) is 5.06. The molecule has 0 aliphatic carbocycles. The molecule has 3 heterocycles. The van der Waals surface area contributed by atoms with Crippen molar-refractivity contribution in [2.24, 2.45) is 11.7 Å². The Morgan fingerprint density at radius 2 is 2.04 bits per heavy atom. The number of likely N-dealkylation sites (tertiary alicyclic amines) is 1. The van der Waals surface area contributed by atoms with Gasteiger partial charge in [-0.05, 0) is 44.4 Å². The molecule has 1 aromatic rings. The van der Waals surface area contributed by atoms with Gasteiger partial charge in [0.15, 0.2) is 0 Å². The first-order chi connectivity index (χ1) is 13.0. The molecular weight excluding hydrogens is 344 g/mol. The van der Waals surface area contributed by atoms with Crippen molar-refractivity contribution in [1.82, 2.24) is 20.1 Å². The lowest BCUT2D eigenvalue weighted by molar-refractivity contribution is -0.125. The number of aromatic nitrogens is 1. The number of piperidine rings is 1. The Hall–Kier alpha value is -2.19. The van der Waals surface area contributed by atoms with Gasteiger partial charge in [-0.2, -0.15) is 0 Å². The van der Waals surface area contributed by atoms with Gasteiger partial charge < -0.3 is 10.6 Å². The van der Waals surface area contributed by atoms with E-state index in [9.17, 15) is 9.59 Å². The van der Waals surface area contributed by atoms with Crippen LogP contribution in [0.15, 0.2) is 24.4 Å². The van der Waals surface area contributed by atoms with Crippen molar-refractivity contribution in [3.05, 3.63) is 24.4 Å². The van der Waals surface area contributed by atoms with Crippen LogP contribution in [0, 0.1) is 5.92 Å². The number of hydrogen-bond acceptors (Lipinski definition) is 6. The maximum Gasteiger partial charge on any atom is 0.318 e. The zero-order chi connectivity index (χ0) is 19.2. The molecule has 3 N–H and O–H groups in total. The van der Waals surface area contributed by atoms with Crippen molar-refractivity contribution in [2.75, 3.05) is 50.7 Å². The summed E-state index contributed by atoms with van der Waals surface area (Å²) in [6.07, 6.45) is 4.10. The van der Waals surface area contributed by atoms with E-state index < -0.39 is 6.03 Å². The second kappa shape index (κ2) is 9.14. The second-order valence-electron chi connectivity index (χ2n) is 7.51. The highest BCUT2D eigenvalue weighted by atomic mass is 16.2. The standard InChI is InChI=1S/C19H30N6O2/c1-15(18(26)22-19(20)27)25-8-4-5-16(14-25)13-23-9-11-24(12-10-23)17-6-2-3-7-21-17/h2-3,6-7,15-16H,4-5,8-14H2,1H3,(H3,20,22,26,27)/t15-,16+/m1/s1. The lowest BCUT2D eigenvalue weighted by Crippen LogP contribution is -2.53. The van der Waals surface area contributed by atoms with Crippen LogP contribution in [0.3, 0.4) is 0 Å². The molecule has 8 heteroatoms. The molecule has 0 spiro atoms. The number of nitrogens with one attached hydrogen (secondary N) is 1. The van der Waals surface area contributed by atoms with Crippen LogP contribution in [-0.2, 0) is 4.79 Å². The lowest BCUT2D eigenvalue weighted by Gasteiger charge is -2.40. The summed E-state index contributed by atoms with van der Waals surface area (Å²) in [5.74, 6) is 1.28. The zero-order valence-corrected chi connectivity index (χ0v) is 16.0. The Morgan fingerprint density at radius 1 is 1.26 bits per heavy atom. The number of hydrogen-bond donors (Lipinski definition) is 2. The van der Waals surface area contributed by atoms with E-state index in [1.807, 2.05) is 25.3 Å². The van der Waals surface area contributed by atoms with Gasteiger partial charge >= 0.3 is 6.03 Å². The van der Waals surface area contributed by atoms with Gasteiger partial charge in [0, 0.05) is 45.5 Å². The Balaban J connectivity index is 1.46. The molecule has 0 bridgehead atoms. The van der Waals surface area contributed by atoms with Crippen LogP contribution in [0.2, 0.25) is 0 Å². The van der Waals surface area contributed by atoms with Crippen molar-refractivity contribution in [1.29, 1.82) is 0 Å². The third-order valence-electron chi connectivity index (χ3n) is 5.59. The number of rotatable bonds is 5. The fourth-order valence-corrected chi connectivity index (χ4v) is 4.06. The number of imide groups is 1. The molecule has 2 aliphatic heterocycles. The highest BCUT2D eigenvalue weighted by Gasteiger charge is 2.29. The number of anilines is 1. The van der Waals surface area contributed by atoms with Gasteiger partial charge in [-0.25, -0.2) is 9.78 Å². The molecule has 3 amide bonds. The number of primary amides is 1. The molecule has 2 aliphatic rings. The number of amides is 3. The molecule has 2 fully saturated rings. The van der Waals surface area contributed by atoms with E-state index in [2.05, 4.69) is 31.1 Å². The summed E-state index contributed by atoms with van der Waals surface area (Å²) in [7, 11) is 0. The summed E-state index contributed by atoms with van der Waals surface area (Å²) in [6, 6.07) is 4.92. The first-order valence-electron chi connectivity index (χ1n) is 9.75. The Kier molecular flexibility index (Phi) is 6.63. The number of pyridine rings is 1. The minimum Gasteiger partial charge on any atom is -0.354 e. The van der Waals surface area contributed by atoms with Crippen molar-refractivity contribution in [3.63, 3.8) is 0 Å². The quantitative estimate of drug-likeness (QED) is 0.779. The van der Waals surface area contributed by atoms with Crippen LogP contribution in [0.25, 0.3) is 0 Å². The van der Waals surface area contributed by atoms with Gasteiger partial charge in [0.05, 0.1) is 6.04 Å². The van der Waals surface area contributed by atoms with E-state index in [1.54, 1.807) is 0 Å². The summed E-state index contributed by atoms with van der Waals surface area (Å²) in [5, 5.41) is 2.19. The zero-order valence-electron chi connectivity index (χ0n) is 16.0. The van der Waals surface area contributed by atoms with Gasteiger partial charge in [0.1, 0.15) is 5.82 Å². The van der Waals surface area contributed by atoms with E-state index in [0.29, 0.717) is 5.92 Å². The van der Waals surface area contributed by atoms with Gasteiger partial charge in [0.2, 0.25) is 5.91 Å². The van der Waals surface area contributed by atoms with E-state index in [0.717, 1.165) is 58.1 Å². The van der Waals surface area contributed by atoms with Crippen molar-refractivity contribution >= 4 is 17.8 Å². The highest BCUT2D eigenvalue weighted by molar-refractivity contribution is 5.96. The van der Waals surface area contributed by atoms with Crippen LogP contribution in [0.1, 0.15) is 19.8 Å². The SMILES string of the molecule is C[C@H](C(=O)NC(N)=O)N1CCC[C@@H](CN2CCN(c3ccccn3)CC2)C1. The summed E-state index contributed by atoms with van der Waals surface area (Å²) in [4.78, 5) is 34.4. The number of urea groups is 1. The number of nitrogens with zero attached hydrogens (tertiary/aromatic N) is 4. The van der Waals surface area contributed by atoms with Crippen molar-refractivity contribution in [3.8, 4) is 0 Å².